The maximum Gasteiger partial charge on any atom is 0.263 e. The Hall–Kier alpha value is -3.12. The minimum atomic E-state index is -3.83. The molecule has 0 amide bonds. The molecule has 0 bridgehead atoms. The Balaban J connectivity index is 1.86. The van der Waals surface area contributed by atoms with Crippen molar-refractivity contribution in [3.63, 3.8) is 0 Å². The summed E-state index contributed by atoms with van der Waals surface area (Å²) < 4.78 is 31.4. The van der Waals surface area contributed by atoms with Crippen LogP contribution in [0.2, 0.25) is 0 Å². The second kappa shape index (κ2) is 7.54. The van der Waals surface area contributed by atoms with E-state index in [1.807, 2.05) is 62.4 Å². The normalized spacial score (nSPS) is 12.3. The molecule has 5 nitrogen and oxygen atoms in total. The van der Waals surface area contributed by atoms with Gasteiger partial charge in [-0.2, -0.15) is 5.10 Å². The number of aryl methyl sites for hydroxylation is 2. The van der Waals surface area contributed by atoms with Crippen molar-refractivity contribution in [2.75, 3.05) is 4.72 Å². The lowest BCUT2D eigenvalue weighted by Gasteiger charge is -2.15. The van der Waals surface area contributed by atoms with Gasteiger partial charge >= 0.3 is 0 Å². The molecule has 1 aromatic heterocycles. The van der Waals surface area contributed by atoms with Gasteiger partial charge in [0, 0.05) is 16.9 Å². The number of fused-ring (bicyclic) bond motifs is 1. The van der Waals surface area contributed by atoms with E-state index in [2.05, 4.69) is 31.6 Å². The van der Waals surface area contributed by atoms with Crippen LogP contribution in [0.1, 0.15) is 37.6 Å². The topological polar surface area (TPSA) is 64.0 Å². The maximum absolute atomic E-state index is 13.4. The van der Waals surface area contributed by atoms with Gasteiger partial charge in [0.05, 0.1) is 16.3 Å². The molecule has 0 aliphatic heterocycles. The second-order valence-corrected chi connectivity index (χ2v) is 10.6. The van der Waals surface area contributed by atoms with Crippen molar-refractivity contribution in [2.24, 2.45) is 0 Å². The second-order valence-electron chi connectivity index (χ2n) is 8.95. The highest BCUT2D eigenvalue weighted by atomic mass is 32.2. The standard InChI is InChI=1S/C25H27N3O2S/c1-17-13-14-21(18(2)15-17)28-24(16-23(26-28)25(3,4)5)27-31(29,30)22-12-8-10-19-9-6-7-11-20(19)22/h6-16,27H,1-5H3. The van der Waals surface area contributed by atoms with Crippen molar-refractivity contribution < 1.29 is 8.42 Å². The van der Waals surface area contributed by atoms with Crippen molar-refractivity contribution in [2.45, 2.75) is 44.9 Å². The third kappa shape index (κ3) is 4.08. The Morgan fingerprint density at radius 2 is 1.61 bits per heavy atom. The molecular formula is C25H27N3O2S. The predicted molar refractivity (Wildman–Crippen MR) is 126 cm³/mol. The van der Waals surface area contributed by atoms with E-state index in [4.69, 9.17) is 5.10 Å². The van der Waals surface area contributed by atoms with Gasteiger partial charge in [0.1, 0.15) is 5.82 Å². The maximum atomic E-state index is 13.4. The lowest BCUT2D eigenvalue weighted by molar-refractivity contribution is 0.560. The molecule has 31 heavy (non-hydrogen) atoms. The minimum Gasteiger partial charge on any atom is -0.263 e. The van der Waals surface area contributed by atoms with Gasteiger partial charge in [-0.3, -0.25) is 4.72 Å². The molecule has 160 valence electrons. The van der Waals surface area contributed by atoms with Crippen molar-refractivity contribution in [3.05, 3.63) is 83.6 Å². The third-order valence-corrected chi connectivity index (χ3v) is 6.75. The predicted octanol–water partition coefficient (Wildman–Crippen LogP) is 5.74. The summed E-state index contributed by atoms with van der Waals surface area (Å²) >= 11 is 0. The van der Waals surface area contributed by atoms with Crippen molar-refractivity contribution in [1.82, 2.24) is 9.78 Å². The molecule has 0 aliphatic rings. The quantitative estimate of drug-likeness (QED) is 0.446. The van der Waals surface area contributed by atoms with Crippen LogP contribution in [-0.2, 0) is 15.4 Å². The molecule has 0 spiro atoms. The summed E-state index contributed by atoms with van der Waals surface area (Å²) in [5, 5.41) is 6.34. The molecule has 4 rings (SSSR count). The molecule has 0 unspecified atom stereocenters. The Kier molecular flexibility index (Phi) is 5.13. The molecule has 0 saturated carbocycles. The van der Waals surface area contributed by atoms with Crippen LogP contribution < -0.4 is 4.72 Å². The molecule has 0 fully saturated rings. The van der Waals surface area contributed by atoms with Gasteiger partial charge in [-0.1, -0.05) is 74.9 Å². The first-order chi connectivity index (χ1) is 14.6. The van der Waals surface area contributed by atoms with E-state index in [9.17, 15) is 8.42 Å². The molecule has 3 aromatic carbocycles. The molecule has 0 aliphatic carbocycles. The molecule has 0 atom stereocenters. The summed E-state index contributed by atoms with van der Waals surface area (Å²) in [5.74, 6) is 0.421. The number of nitrogens with zero attached hydrogens (tertiary/aromatic N) is 2. The van der Waals surface area contributed by atoms with E-state index in [0.29, 0.717) is 11.2 Å². The van der Waals surface area contributed by atoms with Gasteiger partial charge < -0.3 is 0 Å². The van der Waals surface area contributed by atoms with Gasteiger partial charge in [0.2, 0.25) is 0 Å². The van der Waals surface area contributed by atoms with E-state index in [1.54, 1.807) is 16.8 Å². The number of aromatic nitrogens is 2. The average molecular weight is 434 g/mol. The van der Waals surface area contributed by atoms with E-state index < -0.39 is 10.0 Å². The fraction of sp³-hybridized carbons (Fsp3) is 0.240. The van der Waals surface area contributed by atoms with Gasteiger partial charge in [0.15, 0.2) is 0 Å². The highest BCUT2D eigenvalue weighted by molar-refractivity contribution is 7.93. The molecule has 1 N–H and O–H groups in total. The molecule has 0 radical (unpaired) electrons. The lowest BCUT2D eigenvalue weighted by atomic mass is 9.92. The van der Waals surface area contributed by atoms with Gasteiger partial charge in [-0.25, -0.2) is 13.1 Å². The smallest absolute Gasteiger partial charge is 0.263 e. The fourth-order valence-electron chi connectivity index (χ4n) is 3.67. The van der Waals surface area contributed by atoms with Gasteiger partial charge in [-0.05, 0) is 36.9 Å². The van der Waals surface area contributed by atoms with Crippen molar-refractivity contribution >= 4 is 26.6 Å². The average Bonchev–Trinajstić information content (AvgIpc) is 3.11. The number of sulfonamides is 1. The Morgan fingerprint density at radius 3 is 2.32 bits per heavy atom. The van der Waals surface area contributed by atoms with Crippen LogP contribution in [0, 0.1) is 13.8 Å². The lowest BCUT2D eigenvalue weighted by Crippen LogP contribution is -2.16. The van der Waals surface area contributed by atoms with Crippen molar-refractivity contribution in [1.29, 1.82) is 0 Å². The van der Waals surface area contributed by atoms with E-state index in [-0.39, 0.29) is 10.3 Å². The minimum absolute atomic E-state index is 0.233. The zero-order chi connectivity index (χ0) is 22.4. The number of anilines is 1. The summed E-state index contributed by atoms with van der Waals surface area (Å²) in [6, 6.07) is 20.6. The fourth-order valence-corrected chi connectivity index (χ4v) is 4.93. The van der Waals surface area contributed by atoms with Crippen LogP contribution in [0.25, 0.3) is 16.5 Å². The zero-order valence-corrected chi connectivity index (χ0v) is 19.3. The molecule has 6 heteroatoms. The Bertz CT molecular complexity index is 1370. The molecule has 4 aromatic rings. The zero-order valence-electron chi connectivity index (χ0n) is 18.5. The summed E-state index contributed by atoms with van der Waals surface area (Å²) in [5.41, 5.74) is 3.58. The van der Waals surface area contributed by atoms with Gasteiger partial charge in [0.25, 0.3) is 10.0 Å². The van der Waals surface area contributed by atoms with Gasteiger partial charge in [-0.15, -0.1) is 0 Å². The highest BCUT2D eigenvalue weighted by Crippen LogP contribution is 2.30. The first-order valence-corrected chi connectivity index (χ1v) is 11.7. The SMILES string of the molecule is Cc1ccc(-n2nc(C(C)(C)C)cc2NS(=O)(=O)c2cccc3ccccc23)c(C)c1. The van der Waals surface area contributed by atoms with Crippen LogP contribution in [0.15, 0.2) is 71.6 Å². The van der Waals surface area contributed by atoms with Crippen molar-refractivity contribution in [3.8, 4) is 5.69 Å². The first-order valence-electron chi connectivity index (χ1n) is 10.2. The van der Waals surface area contributed by atoms with Crippen LogP contribution >= 0.6 is 0 Å². The first kappa shape index (κ1) is 21.1. The van der Waals surface area contributed by atoms with Crippen LogP contribution in [0.3, 0.4) is 0 Å². The Labute approximate surface area is 183 Å². The highest BCUT2D eigenvalue weighted by Gasteiger charge is 2.25. The Morgan fingerprint density at radius 1 is 0.903 bits per heavy atom. The van der Waals surface area contributed by atoms with Crippen LogP contribution in [0.4, 0.5) is 5.82 Å². The van der Waals surface area contributed by atoms with E-state index in [0.717, 1.165) is 27.9 Å². The summed E-state index contributed by atoms with van der Waals surface area (Å²) in [6.07, 6.45) is 0. The van der Waals surface area contributed by atoms with Crippen LogP contribution in [-0.4, -0.2) is 18.2 Å². The monoisotopic (exact) mass is 433 g/mol. The number of rotatable bonds is 4. The number of benzene rings is 3. The van der Waals surface area contributed by atoms with Crippen LogP contribution in [0.5, 0.6) is 0 Å². The number of hydrogen-bond acceptors (Lipinski definition) is 3. The number of nitrogens with one attached hydrogen (secondary N) is 1. The third-order valence-electron chi connectivity index (χ3n) is 5.34. The van der Waals surface area contributed by atoms with E-state index in [1.165, 1.54) is 0 Å². The molecular weight excluding hydrogens is 406 g/mol. The summed E-state index contributed by atoms with van der Waals surface area (Å²) in [6.45, 7) is 10.2. The number of hydrogen-bond donors (Lipinski definition) is 1. The molecule has 0 saturated heterocycles. The summed E-state index contributed by atoms with van der Waals surface area (Å²) in [7, 11) is -3.83. The summed E-state index contributed by atoms with van der Waals surface area (Å²) in [4.78, 5) is 0.247. The molecule has 1 heterocycles. The van der Waals surface area contributed by atoms with E-state index >= 15 is 0 Å². The largest absolute Gasteiger partial charge is 0.263 e.